The molecule has 262 valence electrons. The Morgan fingerprint density at radius 3 is 1.85 bits per heavy atom. The van der Waals surface area contributed by atoms with Gasteiger partial charge in [0.15, 0.2) is 11.6 Å². The van der Waals surface area contributed by atoms with Crippen LogP contribution in [0.5, 0.6) is 0 Å². The summed E-state index contributed by atoms with van der Waals surface area (Å²) < 4.78 is 2.24. The summed E-state index contributed by atoms with van der Waals surface area (Å²) in [4.78, 5) is 21.5. The summed E-state index contributed by atoms with van der Waals surface area (Å²) in [6.07, 6.45) is 12.0. The molecule has 2 aliphatic heterocycles. The van der Waals surface area contributed by atoms with Crippen molar-refractivity contribution in [1.29, 1.82) is 0 Å². The summed E-state index contributed by atoms with van der Waals surface area (Å²) in [6, 6.07) is 37.9. The van der Waals surface area contributed by atoms with E-state index < -0.39 is 0 Å². The maximum Gasteiger partial charge on any atom is 0.238 e. The minimum Gasteiger partial charge on any atom is -0.366 e. The van der Waals surface area contributed by atoms with Gasteiger partial charge in [0, 0.05) is 57.4 Å². The summed E-state index contributed by atoms with van der Waals surface area (Å²) in [5.41, 5.74) is 6.94. The number of nitrogens with zero attached hydrogens (tertiary/aromatic N) is 6. The summed E-state index contributed by atoms with van der Waals surface area (Å²) >= 11 is 0. The number of hydrogen-bond acceptors (Lipinski definition) is 5. The van der Waals surface area contributed by atoms with Crippen LogP contribution < -0.4 is 9.80 Å². The lowest BCUT2D eigenvalue weighted by Gasteiger charge is -2.50. The average Bonchev–Trinajstić information content (AvgIpc) is 3.63. The van der Waals surface area contributed by atoms with Gasteiger partial charge < -0.3 is 9.80 Å². The van der Waals surface area contributed by atoms with Gasteiger partial charge in [-0.3, -0.25) is 4.57 Å². The largest absolute Gasteiger partial charge is 0.366 e. The number of benzene rings is 4. The second kappa shape index (κ2) is 11.9. The van der Waals surface area contributed by atoms with Crippen molar-refractivity contribution in [3.63, 3.8) is 0 Å². The minimum absolute atomic E-state index is 0.524. The Hall–Kier alpha value is -4.71. The van der Waals surface area contributed by atoms with Crippen molar-refractivity contribution in [2.75, 3.05) is 9.80 Å². The molecule has 5 bridgehead atoms. The molecule has 4 aromatic carbocycles. The number of rotatable bonds is 5. The molecule has 6 heteroatoms. The van der Waals surface area contributed by atoms with Crippen LogP contribution in [0.25, 0.3) is 50.5 Å². The molecule has 6 nitrogen and oxygen atoms in total. The summed E-state index contributed by atoms with van der Waals surface area (Å²) in [6.45, 7) is 4.87. The monoisotopic (exact) mass is 684 g/mol. The standard InChI is InChI=1S/C46H48N6/c1-28-19-30-21-29(2)50(38(20-28)22-30)35-11-7-9-32(24-35)44-47-45(33-10-8-12-36(25-33)51-37-18-17-31-23-39(51)27-34(31)26-37)49-46(48-44)52-42-15-5-3-13-40(42)41-14-4-6-16-43(41)52/h3-16,24-25,28-31,34,37-39H,17-23,26-27H2,1-2H3. The second-order valence-electron chi connectivity index (χ2n) is 17.1. The van der Waals surface area contributed by atoms with E-state index in [-0.39, 0.29) is 0 Å². The number of aromatic nitrogens is 4. The van der Waals surface area contributed by atoms with Crippen molar-refractivity contribution in [3.8, 4) is 28.7 Å². The van der Waals surface area contributed by atoms with E-state index >= 15 is 0 Å². The second-order valence-corrected chi connectivity index (χ2v) is 17.1. The third kappa shape index (κ3) is 4.93. The molecule has 2 aromatic heterocycles. The van der Waals surface area contributed by atoms with Crippen LogP contribution >= 0.6 is 0 Å². The maximum absolute atomic E-state index is 5.34. The molecule has 8 atom stereocenters. The molecule has 0 N–H and O–H groups in total. The molecular weight excluding hydrogens is 637 g/mol. The molecule has 2 saturated heterocycles. The lowest BCUT2D eigenvalue weighted by Crippen LogP contribution is -2.51. The van der Waals surface area contributed by atoms with Gasteiger partial charge in [-0.05, 0) is 125 Å². The third-order valence-corrected chi connectivity index (χ3v) is 13.8. The van der Waals surface area contributed by atoms with E-state index in [1.807, 2.05) is 0 Å². The molecule has 5 aliphatic rings. The number of hydrogen-bond donors (Lipinski definition) is 0. The molecule has 4 heterocycles. The predicted octanol–water partition coefficient (Wildman–Crippen LogP) is 10.5. The maximum atomic E-state index is 5.34. The molecule has 3 aliphatic carbocycles. The molecule has 11 rings (SSSR count). The average molecular weight is 685 g/mol. The van der Waals surface area contributed by atoms with Gasteiger partial charge in [0.05, 0.1) is 11.0 Å². The van der Waals surface area contributed by atoms with Gasteiger partial charge in [0.2, 0.25) is 5.95 Å². The highest BCUT2D eigenvalue weighted by atomic mass is 15.2. The van der Waals surface area contributed by atoms with Crippen molar-refractivity contribution < 1.29 is 0 Å². The van der Waals surface area contributed by atoms with E-state index in [2.05, 4.69) is 125 Å². The van der Waals surface area contributed by atoms with Crippen molar-refractivity contribution in [2.45, 2.75) is 95.8 Å². The Kier molecular flexibility index (Phi) is 7.07. The van der Waals surface area contributed by atoms with E-state index in [1.54, 1.807) is 0 Å². The van der Waals surface area contributed by atoms with Crippen molar-refractivity contribution in [1.82, 2.24) is 19.5 Å². The van der Waals surface area contributed by atoms with Gasteiger partial charge in [0.25, 0.3) is 0 Å². The van der Waals surface area contributed by atoms with E-state index in [4.69, 9.17) is 15.0 Å². The minimum atomic E-state index is 0.524. The molecule has 52 heavy (non-hydrogen) atoms. The number of fused-ring (bicyclic) bond motifs is 7. The predicted molar refractivity (Wildman–Crippen MR) is 212 cm³/mol. The van der Waals surface area contributed by atoms with Crippen LogP contribution in [-0.4, -0.2) is 43.7 Å². The summed E-state index contributed by atoms with van der Waals surface area (Å²) in [5, 5.41) is 2.42. The van der Waals surface area contributed by atoms with E-state index in [9.17, 15) is 0 Å². The Bertz CT molecular complexity index is 2260. The SMILES string of the molecule is CC1CC2CC(C)N(c3cccc(-c4nc(-c5cccc(N6C7CCC8CC6CC8C7)c5)nc(-n5c6ccccc6c6ccccc65)n4)c3)C(C1)C2. The van der Waals surface area contributed by atoms with Crippen molar-refractivity contribution in [3.05, 3.63) is 97.1 Å². The lowest BCUT2D eigenvalue weighted by atomic mass is 9.72. The highest BCUT2D eigenvalue weighted by Crippen LogP contribution is 2.52. The molecule has 0 amide bonds. The highest BCUT2D eigenvalue weighted by molar-refractivity contribution is 6.09. The first-order chi connectivity index (χ1) is 25.5. The Labute approximate surface area is 306 Å². The zero-order valence-corrected chi connectivity index (χ0v) is 30.4. The van der Waals surface area contributed by atoms with Crippen LogP contribution in [0.3, 0.4) is 0 Å². The van der Waals surface area contributed by atoms with E-state index in [0.29, 0.717) is 30.1 Å². The number of para-hydroxylation sites is 2. The Morgan fingerprint density at radius 1 is 0.519 bits per heavy atom. The van der Waals surface area contributed by atoms with Gasteiger partial charge in [-0.1, -0.05) is 67.6 Å². The first-order valence-electron chi connectivity index (χ1n) is 20.1. The number of piperidine rings is 2. The molecular formula is C46H48N6. The highest BCUT2D eigenvalue weighted by Gasteiger charge is 2.48. The van der Waals surface area contributed by atoms with Crippen LogP contribution in [0.1, 0.15) is 71.6 Å². The van der Waals surface area contributed by atoms with E-state index in [0.717, 1.165) is 57.5 Å². The van der Waals surface area contributed by atoms with Crippen LogP contribution in [0.4, 0.5) is 11.4 Å². The van der Waals surface area contributed by atoms with Crippen molar-refractivity contribution >= 4 is 33.2 Å². The van der Waals surface area contributed by atoms with Crippen LogP contribution in [0, 0.1) is 23.7 Å². The fraction of sp³-hybridized carbons (Fsp3) is 0.413. The van der Waals surface area contributed by atoms with Crippen molar-refractivity contribution in [2.24, 2.45) is 23.7 Å². The molecule has 3 saturated carbocycles. The lowest BCUT2D eigenvalue weighted by molar-refractivity contribution is 0.179. The first-order valence-corrected chi connectivity index (χ1v) is 20.1. The van der Waals surface area contributed by atoms with Crippen LogP contribution in [0.15, 0.2) is 97.1 Å². The summed E-state index contributed by atoms with van der Waals surface area (Å²) in [5.74, 6) is 5.63. The fourth-order valence-electron chi connectivity index (χ4n) is 11.9. The van der Waals surface area contributed by atoms with Gasteiger partial charge in [-0.25, -0.2) is 4.98 Å². The fourth-order valence-corrected chi connectivity index (χ4v) is 11.9. The zero-order chi connectivity index (χ0) is 34.5. The molecule has 0 radical (unpaired) electrons. The van der Waals surface area contributed by atoms with Gasteiger partial charge in [-0.15, -0.1) is 0 Å². The normalized spacial score (nSPS) is 29.3. The topological polar surface area (TPSA) is 50.1 Å². The quantitative estimate of drug-likeness (QED) is 0.181. The first kappa shape index (κ1) is 30.9. The van der Waals surface area contributed by atoms with Crippen LogP contribution in [-0.2, 0) is 0 Å². The van der Waals surface area contributed by atoms with Gasteiger partial charge in [0.1, 0.15) is 0 Å². The van der Waals surface area contributed by atoms with Crippen LogP contribution in [0.2, 0.25) is 0 Å². The summed E-state index contributed by atoms with van der Waals surface area (Å²) in [7, 11) is 0. The Balaban J connectivity index is 1.06. The van der Waals surface area contributed by atoms with Gasteiger partial charge in [-0.2, -0.15) is 9.97 Å². The molecule has 6 aromatic rings. The van der Waals surface area contributed by atoms with E-state index in [1.165, 1.54) is 79.9 Å². The molecule has 8 unspecified atom stereocenters. The Morgan fingerprint density at radius 2 is 1.13 bits per heavy atom. The molecule has 0 spiro atoms. The zero-order valence-electron chi connectivity index (χ0n) is 30.4. The number of anilines is 2. The molecule has 5 fully saturated rings. The van der Waals surface area contributed by atoms with Gasteiger partial charge >= 0.3 is 0 Å². The smallest absolute Gasteiger partial charge is 0.238 e. The third-order valence-electron chi connectivity index (χ3n) is 13.8.